The van der Waals surface area contributed by atoms with Gasteiger partial charge in [0.2, 0.25) is 5.89 Å². The van der Waals surface area contributed by atoms with Crippen LogP contribution in [-0.2, 0) is 21.7 Å². The number of rotatable bonds is 9. The number of fused-ring (bicyclic) bond motifs is 1. The molecule has 1 amide bonds. The largest absolute Gasteiger partial charge is 0.484 e. The number of carbonyl (C=O) groups excluding carboxylic acids is 1. The average Bonchev–Trinajstić information content (AvgIpc) is 3.50. The van der Waals surface area contributed by atoms with Gasteiger partial charge in [0.05, 0.1) is 22.9 Å². The van der Waals surface area contributed by atoms with E-state index in [4.69, 9.17) is 34.7 Å². The number of carbonyl (C=O) groups is 1. The number of nitrogens with zero attached hydrogens (tertiary/aromatic N) is 3. The highest BCUT2D eigenvalue weighted by molar-refractivity contribution is 6.30. The third-order valence-electron chi connectivity index (χ3n) is 5.17. The van der Waals surface area contributed by atoms with Crippen LogP contribution < -0.4 is 15.0 Å². The molecular weight excluding hydrogens is 483 g/mol. The molecule has 0 aliphatic heterocycles. The summed E-state index contributed by atoms with van der Waals surface area (Å²) in [4.78, 5) is 21.4. The Kier molecular flexibility index (Phi) is 6.00. The fourth-order valence-electron chi connectivity index (χ4n) is 3.35. The molecule has 1 N–H and O–H groups in total. The van der Waals surface area contributed by atoms with Crippen LogP contribution in [0.4, 0.5) is 4.39 Å². The first kappa shape index (κ1) is 22.7. The first-order valence-electron chi connectivity index (χ1n) is 10.4. The normalized spacial score (nSPS) is 16.9. The number of hydroxylamine groups is 1. The van der Waals surface area contributed by atoms with Crippen LogP contribution in [0.5, 0.6) is 11.5 Å². The Morgan fingerprint density at radius 2 is 2.09 bits per heavy atom. The minimum atomic E-state index is -0.636. The number of halogens is 2. The topological polar surface area (TPSA) is 122 Å². The SMILES string of the molecule is CC1(c2nnc(COc3cnc4ccoc4c3)o2)C=C(ONC(=O)COc2ccc(Cl)c(F)c2)C1. The van der Waals surface area contributed by atoms with Gasteiger partial charge >= 0.3 is 0 Å². The molecule has 12 heteroatoms. The molecule has 0 saturated carbocycles. The number of benzene rings is 1. The summed E-state index contributed by atoms with van der Waals surface area (Å²) in [6, 6.07) is 7.38. The molecule has 0 radical (unpaired) electrons. The highest BCUT2D eigenvalue weighted by Crippen LogP contribution is 2.41. The summed E-state index contributed by atoms with van der Waals surface area (Å²) in [5.74, 6) is 0.712. The predicted octanol–water partition coefficient (Wildman–Crippen LogP) is 4.25. The lowest BCUT2D eigenvalue weighted by Gasteiger charge is -2.31. The Labute approximate surface area is 202 Å². The zero-order chi connectivity index (χ0) is 24.4. The van der Waals surface area contributed by atoms with E-state index in [1.54, 1.807) is 30.7 Å². The van der Waals surface area contributed by atoms with E-state index in [0.29, 0.717) is 35.3 Å². The number of furan rings is 1. The second-order valence-electron chi connectivity index (χ2n) is 7.96. The second-order valence-corrected chi connectivity index (χ2v) is 8.37. The smallest absolute Gasteiger partial charge is 0.290 e. The average molecular weight is 501 g/mol. The predicted molar refractivity (Wildman–Crippen MR) is 119 cm³/mol. The Hall–Kier alpha value is -4.12. The van der Waals surface area contributed by atoms with Gasteiger partial charge in [0.1, 0.15) is 28.6 Å². The molecule has 5 rings (SSSR count). The standard InChI is InChI=1S/C23H18ClFN4O6/c1-23(8-15(9-23)35-29-20(30)11-32-13-2-3-16(24)17(25)6-13)22-28-27-21(34-22)12-33-14-7-19-18(26-10-14)4-5-31-19/h2-8,10H,9,11-12H2,1H3,(H,29,30). The van der Waals surface area contributed by atoms with Gasteiger partial charge in [0.15, 0.2) is 18.8 Å². The van der Waals surface area contributed by atoms with Gasteiger partial charge in [-0.05, 0) is 25.1 Å². The maximum absolute atomic E-state index is 13.4. The Balaban J connectivity index is 1.09. The number of nitrogens with one attached hydrogen (secondary N) is 1. The van der Waals surface area contributed by atoms with Crippen LogP contribution in [0.2, 0.25) is 5.02 Å². The van der Waals surface area contributed by atoms with Crippen molar-refractivity contribution in [2.24, 2.45) is 0 Å². The van der Waals surface area contributed by atoms with Crippen molar-refractivity contribution in [3.05, 3.63) is 77.2 Å². The van der Waals surface area contributed by atoms with Gasteiger partial charge in [-0.2, -0.15) is 5.48 Å². The van der Waals surface area contributed by atoms with Gasteiger partial charge in [-0.25, -0.2) is 9.37 Å². The fourth-order valence-corrected chi connectivity index (χ4v) is 3.47. The minimum absolute atomic E-state index is 0.0322. The van der Waals surface area contributed by atoms with Gasteiger partial charge in [-0.1, -0.05) is 11.6 Å². The maximum Gasteiger partial charge on any atom is 0.290 e. The lowest BCUT2D eigenvalue weighted by atomic mass is 9.76. The van der Waals surface area contributed by atoms with E-state index in [-0.39, 0.29) is 24.0 Å². The number of hydrogen-bond acceptors (Lipinski definition) is 9. The van der Waals surface area contributed by atoms with Crippen molar-refractivity contribution in [3.63, 3.8) is 0 Å². The highest BCUT2D eigenvalue weighted by atomic mass is 35.5. The molecule has 0 fully saturated rings. The molecular formula is C23H18ClFN4O6. The molecule has 0 saturated heterocycles. The fraction of sp³-hybridized carbons (Fsp3) is 0.217. The van der Waals surface area contributed by atoms with E-state index in [1.165, 1.54) is 12.1 Å². The van der Waals surface area contributed by atoms with Crippen LogP contribution in [0, 0.1) is 5.82 Å². The summed E-state index contributed by atoms with van der Waals surface area (Å²) in [6.07, 6.45) is 5.33. The molecule has 180 valence electrons. The van der Waals surface area contributed by atoms with E-state index in [0.717, 1.165) is 11.6 Å². The number of ether oxygens (including phenoxy) is 2. The lowest BCUT2D eigenvalue weighted by molar-refractivity contribution is -0.133. The van der Waals surface area contributed by atoms with Crippen LogP contribution in [-0.4, -0.2) is 27.7 Å². The van der Waals surface area contributed by atoms with Crippen molar-refractivity contribution in [1.82, 2.24) is 20.7 Å². The first-order chi connectivity index (χ1) is 16.9. The van der Waals surface area contributed by atoms with Crippen molar-refractivity contribution >= 4 is 28.6 Å². The quantitative estimate of drug-likeness (QED) is 0.336. The number of hydrogen-bond donors (Lipinski definition) is 1. The minimum Gasteiger partial charge on any atom is -0.484 e. The molecule has 1 aromatic carbocycles. The molecule has 4 aromatic rings. The lowest BCUT2D eigenvalue weighted by Crippen LogP contribution is -2.35. The van der Waals surface area contributed by atoms with Crippen molar-refractivity contribution in [2.75, 3.05) is 6.61 Å². The number of aromatic nitrogens is 3. The van der Waals surface area contributed by atoms with Gasteiger partial charge in [0, 0.05) is 24.6 Å². The number of allylic oxidation sites excluding steroid dienone is 2. The molecule has 35 heavy (non-hydrogen) atoms. The third-order valence-corrected chi connectivity index (χ3v) is 5.48. The molecule has 3 aromatic heterocycles. The molecule has 1 aliphatic carbocycles. The van der Waals surface area contributed by atoms with Crippen LogP contribution >= 0.6 is 11.6 Å². The van der Waals surface area contributed by atoms with E-state index >= 15 is 0 Å². The molecule has 1 unspecified atom stereocenters. The zero-order valence-electron chi connectivity index (χ0n) is 18.3. The summed E-state index contributed by atoms with van der Waals surface area (Å²) in [5, 5.41) is 8.08. The molecule has 0 spiro atoms. The van der Waals surface area contributed by atoms with Crippen LogP contribution in [0.3, 0.4) is 0 Å². The molecule has 0 bridgehead atoms. The van der Waals surface area contributed by atoms with Crippen LogP contribution in [0.25, 0.3) is 11.1 Å². The van der Waals surface area contributed by atoms with Crippen LogP contribution in [0.1, 0.15) is 25.1 Å². The summed E-state index contributed by atoms with van der Waals surface area (Å²) in [6.45, 7) is 1.60. The third kappa shape index (κ3) is 5.04. The Morgan fingerprint density at radius 3 is 2.91 bits per heavy atom. The summed E-state index contributed by atoms with van der Waals surface area (Å²) in [7, 11) is 0. The van der Waals surface area contributed by atoms with E-state index in [2.05, 4.69) is 20.7 Å². The number of amides is 1. The summed E-state index contributed by atoms with van der Waals surface area (Å²) < 4.78 is 35.3. The van der Waals surface area contributed by atoms with E-state index in [1.807, 2.05) is 6.92 Å². The highest BCUT2D eigenvalue weighted by Gasteiger charge is 2.41. The van der Waals surface area contributed by atoms with E-state index in [9.17, 15) is 9.18 Å². The monoisotopic (exact) mass is 500 g/mol. The Morgan fingerprint density at radius 1 is 1.23 bits per heavy atom. The second kappa shape index (κ2) is 9.26. The van der Waals surface area contributed by atoms with Gasteiger partial charge in [-0.15, -0.1) is 10.2 Å². The summed E-state index contributed by atoms with van der Waals surface area (Å²) >= 11 is 5.61. The van der Waals surface area contributed by atoms with E-state index < -0.39 is 17.1 Å². The zero-order valence-corrected chi connectivity index (χ0v) is 19.0. The van der Waals surface area contributed by atoms with Crippen LogP contribution in [0.15, 0.2) is 63.5 Å². The molecule has 1 aliphatic rings. The summed E-state index contributed by atoms with van der Waals surface area (Å²) in [5.41, 5.74) is 3.08. The molecule has 3 heterocycles. The van der Waals surface area contributed by atoms with Crippen molar-refractivity contribution < 1.29 is 32.3 Å². The Bertz CT molecular complexity index is 1420. The first-order valence-corrected chi connectivity index (χ1v) is 10.8. The number of pyridine rings is 1. The van der Waals surface area contributed by atoms with Crippen molar-refractivity contribution in [3.8, 4) is 11.5 Å². The van der Waals surface area contributed by atoms with Gasteiger partial charge < -0.3 is 23.1 Å². The van der Waals surface area contributed by atoms with Crippen molar-refractivity contribution in [2.45, 2.75) is 25.4 Å². The van der Waals surface area contributed by atoms with Gasteiger partial charge in [-0.3, -0.25) is 4.79 Å². The molecule has 1 atom stereocenters. The van der Waals surface area contributed by atoms with Gasteiger partial charge in [0.25, 0.3) is 11.8 Å². The van der Waals surface area contributed by atoms with Crippen molar-refractivity contribution in [1.29, 1.82) is 0 Å². The molecule has 10 nitrogen and oxygen atoms in total. The maximum atomic E-state index is 13.4.